The van der Waals surface area contributed by atoms with Crippen molar-refractivity contribution in [2.24, 2.45) is 0 Å². The predicted octanol–water partition coefficient (Wildman–Crippen LogP) is 2.36. The van der Waals surface area contributed by atoms with Crippen LogP contribution in [0.25, 0.3) is 0 Å². The number of anilines is 1. The van der Waals surface area contributed by atoms with Gasteiger partial charge < -0.3 is 9.80 Å². The van der Waals surface area contributed by atoms with Gasteiger partial charge in [0.1, 0.15) is 11.5 Å². The van der Waals surface area contributed by atoms with Gasteiger partial charge in [-0.1, -0.05) is 12.1 Å². The Morgan fingerprint density at radius 3 is 2.48 bits per heavy atom. The molecule has 0 spiro atoms. The molecule has 0 saturated carbocycles. The van der Waals surface area contributed by atoms with Gasteiger partial charge in [-0.05, 0) is 44.0 Å². The number of aromatic nitrogens is 2. The molecule has 2 heterocycles. The smallest absolute Gasteiger partial charge is 0.272 e. The van der Waals surface area contributed by atoms with Crippen LogP contribution in [-0.2, 0) is 0 Å². The highest BCUT2D eigenvalue weighted by molar-refractivity contribution is 5.92. The zero-order chi connectivity index (χ0) is 16.4. The molecule has 0 N–H and O–H groups in total. The Labute approximate surface area is 137 Å². The first-order valence-electron chi connectivity index (χ1n) is 7.96. The molecule has 1 fully saturated rings. The zero-order valence-corrected chi connectivity index (χ0v) is 13.9. The normalized spacial score (nSPS) is 14.9. The minimum atomic E-state index is -0.00360. The van der Waals surface area contributed by atoms with Crippen LogP contribution in [0.15, 0.2) is 30.5 Å². The van der Waals surface area contributed by atoms with Crippen molar-refractivity contribution in [3.8, 4) is 0 Å². The summed E-state index contributed by atoms with van der Waals surface area (Å²) < 4.78 is 0. The van der Waals surface area contributed by atoms with E-state index in [1.807, 2.05) is 4.90 Å². The van der Waals surface area contributed by atoms with E-state index < -0.39 is 0 Å². The van der Waals surface area contributed by atoms with Crippen LogP contribution in [0.3, 0.4) is 0 Å². The number of carbonyl (C=O) groups is 1. The lowest BCUT2D eigenvalue weighted by atomic mass is 10.1. The molecule has 1 aromatic heterocycles. The maximum Gasteiger partial charge on any atom is 0.272 e. The Morgan fingerprint density at radius 2 is 1.78 bits per heavy atom. The number of carbonyl (C=O) groups excluding carboxylic acids is 1. The van der Waals surface area contributed by atoms with Crippen LogP contribution in [0.4, 0.5) is 5.69 Å². The highest BCUT2D eigenvalue weighted by atomic mass is 16.2. The van der Waals surface area contributed by atoms with Crippen LogP contribution < -0.4 is 4.90 Å². The maximum atomic E-state index is 12.5. The first-order valence-corrected chi connectivity index (χ1v) is 7.96. The number of benzene rings is 1. The number of nitrogens with zero attached hydrogens (tertiary/aromatic N) is 4. The van der Waals surface area contributed by atoms with Crippen molar-refractivity contribution in [3.63, 3.8) is 0 Å². The van der Waals surface area contributed by atoms with E-state index >= 15 is 0 Å². The number of hydrogen-bond donors (Lipinski definition) is 0. The molecule has 0 aliphatic carbocycles. The van der Waals surface area contributed by atoms with Crippen molar-refractivity contribution in [2.75, 3.05) is 31.1 Å². The summed E-state index contributed by atoms with van der Waals surface area (Å²) >= 11 is 0. The van der Waals surface area contributed by atoms with Gasteiger partial charge in [0, 0.05) is 38.1 Å². The molecule has 1 aliphatic rings. The molecule has 120 valence electrons. The van der Waals surface area contributed by atoms with E-state index in [0.717, 1.165) is 26.2 Å². The van der Waals surface area contributed by atoms with Gasteiger partial charge in [0.2, 0.25) is 0 Å². The van der Waals surface area contributed by atoms with E-state index in [1.54, 1.807) is 19.2 Å². The van der Waals surface area contributed by atoms with E-state index in [-0.39, 0.29) is 5.91 Å². The molecular weight excluding hydrogens is 288 g/mol. The molecule has 1 amide bonds. The molecule has 1 saturated heterocycles. The number of aryl methyl sites for hydroxylation is 2. The summed E-state index contributed by atoms with van der Waals surface area (Å²) in [6, 6.07) is 8.08. The quantitative estimate of drug-likeness (QED) is 0.854. The summed E-state index contributed by atoms with van der Waals surface area (Å²) in [5, 5.41) is 0. The van der Waals surface area contributed by atoms with Gasteiger partial charge in [-0.15, -0.1) is 0 Å². The van der Waals surface area contributed by atoms with E-state index in [4.69, 9.17) is 0 Å². The van der Waals surface area contributed by atoms with Gasteiger partial charge in [0.15, 0.2) is 0 Å². The van der Waals surface area contributed by atoms with Crippen LogP contribution in [-0.4, -0.2) is 47.0 Å². The zero-order valence-electron chi connectivity index (χ0n) is 13.9. The number of amides is 1. The van der Waals surface area contributed by atoms with Gasteiger partial charge in [-0.2, -0.15) is 0 Å². The maximum absolute atomic E-state index is 12.5. The molecule has 1 aliphatic heterocycles. The molecule has 5 heteroatoms. The second-order valence-corrected chi connectivity index (χ2v) is 5.99. The minimum absolute atomic E-state index is 0.00360. The van der Waals surface area contributed by atoms with Gasteiger partial charge in [0.05, 0.1) is 0 Å². The molecule has 3 rings (SSSR count). The lowest BCUT2D eigenvalue weighted by Crippen LogP contribution is -2.49. The van der Waals surface area contributed by atoms with Crippen molar-refractivity contribution in [1.82, 2.24) is 14.9 Å². The Morgan fingerprint density at radius 1 is 1.04 bits per heavy atom. The summed E-state index contributed by atoms with van der Waals surface area (Å²) in [7, 11) is 0. The van der Waals surface area contributed by atoms with Crippen molar-refractivity contribution < 1.29 is 4.79 Å². The molecule has 23 heavy (non-hydrogen) atoms. The van der Waals surface area contributed by atoms with Crippen molar-refractivity contribution in [2.45, 2.75) is 20.8 Å². The third kappa shape index (κ3) is 3.18. The topological polar surface area (TPSA) is 49.3 Å². The van der Waals surface area contributed by atoms with Crippen molar-refractivity contribution in [3.05, 3.63) is 53.1 Å². The van der Waals surface area contributed by atoms with Gasteiger partial charge in [0.25, 0.3) is 5.91 Å². The van der Waals surface area contributed by atoms with Crippen molar-refractivity contribution >= 4 is 11.6 Å². The highest BCUT2D eigenvalue weighted by Crippen LogP contribution is 2.24. The van der Waals surface area contributed by atoms with E-state index in [2.05, 4.69) is 46.9 Å². The standard InChI is InChI=1S/C18H22N4O/c1-13-5-4-6-17(14(13)2)21-9-11-22(12-10-21)18(23)16-7-8-19-15(3)20-16/h4-8H,9-12H2,1-3H3. The van der Waals surface area contributed by atoms with Crippen LogP contribution in [0.1, 0.15) is 27.4 Å². The van der Waals surface area contributed by atoms with E-state index in [1.165, 1.54) is 16.8 Å². The second kappa shape index (κ2) is 6.36. The average Bonchev–Trinajstić information content (AvgIpc) is 2.57. The third-order valence-corrected chi connectivity index (χ3v) is 4.48. The second-order valence-electron chi connectivity index (χ2n) is 5.99. The van der Waals surface area contributed by atoms with E-state index in [9.17, 15) is 4.79 Å². The number of piperazine rings is 1. The Bertz CT molecular complexity index is 721. The summed E-state index contributed by atoms with van der Waals surface area (Å²) in [5.74, 6) is 0.626. The van der Waals surface area contributed by atoms with Crippen LogP contribution in [0, 0.1) is 20.8 Å². The molecule has 0 radical (unpaired) electrons. The predicted molar refractivity (Wildman–Crippen MR) is 90.8 cm³/mol. The first-order chi connectivity index (χ1) is 11.1. The molecule has 0 bridgehead atoms. The monoisotopic (exact) mass is 310 g/mol. The fourth-order valence-electron chi connectivity index (χ4n) is 2.97. The first kappa shape index (κ1) is 15.5. The summed E-state index contributed by atoms with van der Waals surface area (Å²) in [6.07, 6.45) is 1.64. The largest absolute Gasteiger partial charge is 0.368 e. The summed E-state index contributed by atoms with van der Waals surface area (Å²) in [5.41, 5.74) is 4.38. The molecule has 0 unspecified atom stereocenters. The summed E-state index contributed by atoms with van der Waals surface area (Å²) in [6.45, 7) is 9.22. The summed E-state index contributed by atoms with van der Waals surface area (Å²) in [4.78, 5) is 25.1. The van der Waals surface area contributed by atoms with Crippen LogP contribution >= 0.6 is 0 Å². The minimum Gasteiger partial charge on any atom is -0.368 e. The lowest BCUT2D eigenvalue weighted by Gasteiger charge is -2.37. The van der Waals surface area contributed by atoms with Gasteiger partial charge in [-0.3, -0.25) is 4.79 Å². The fourth-order valence-corrected chi connectivity index (χ4v) is 2.97. The molecule has 1 aromatic carbocycles. The molecule has 0 atom stereocenters. The van der Waals surface area contributed by atoms with Crippen LogP contribution in [0.2, 0.25) is 0 Å². The van der Waals surface area contributed by atoms with Crippen molar-refractivity contribution in [1.29, 1.82) is 0 Å². The molecule has 5 nitrogen and oxygen atoms in total. The number of rotatable bonds is 2. The van der Waals surface area contributed by atoms with Gasteiger partial charge in [-0.25, -0.2) is 9.97 Å². The molecule has 2 aromatic rings. The average molecular weight is 310 g/mol. The lowest BCUT2D eigenvalue weighted by molar-refractivity contribution is 0.0740. The SMILES string of the molecule is Cc1nccc(C(=O)N2CCN(c3cccc(C)c3C)CC2)n1. The third-order valence-electron chi connectivity index (χ3n) is 4.48. The Balaban J connectivity index is 1.69. The fraction of sp³-hybridized carbons (Fsp3) is 0.389. The highest BCUT2D eigenvalue weighted by Gasteiger charge is 2.24. The van der Waals surface area contributed by atoms with E-state index in [0.29, 0.717) is 11.5 Å². The number of hydrogen-bond acceptors (Lipinski definition) is 4. The Hall–Kier alpha value is -2.43. The van der Waals surface area contributed by atoms with Gasteiger partial charge >= 0.3 is 0 Å². The molecular formula is C18H22N4O. The Kier molecular flexibility index (Phi) is 4.28. The van der Waals surface area contributed by atoms with Crippen LogP contribution in [0.5, 0.6) is 0 Å².